The summed E-state index contributed by atoms with van der Waals surface area (Å²) >= 11 is 0. The first kappa shape index (κ1) is 15.4. The molecule has 1 fully saturated rings. The van der Waals surface area contributed by atoms with Gasteiger partial charge in [0.25, 0.3) is 11.6 Å². The van der Waals surface area contributed by atoms with E-state index in [0.29, 0.717) is 0 Å². The number of nitro groups is 1. The van der Waals surface area contributed by atoms with E-state index in [1.165, 1.54) is 6.07 Å². The predicted molar refractivity (Wildman–Crippen MR) is 80.2 cm³/mol. The van der Waals surface area contributed by atoms with Gasteiger partial charge in [-0.2, -0.15) is 0 Å². The second-order valence-corrected chi connectivity index (χ2v) is 5.76. The Morgan fingerprint density at radius 3 is 2.52 bits per heavy atom. The molecule has 0 atom stereocenters. The zero-order valence-electron chi connectivity index (χ0n) is 12.4. The van der Waals surface area contributed by atoms with Gasteiger partial charge in [0, 0.05) is 25.2 Å². The molecular formula is C15H21N3O3. The third-order valence-corrected chi connectivity index (χ3v) is 4.19. The van der Waals surface area contributed by atoms with E-state index in [2.05, 4.69) is 0 Å². The van der Waals surface area contributed by atoms with Crippen molar-refractivity contribution in [3.63, 3.8) is 0 Å². The van der Waals surface area contributed by atoms with E-state index in [1.807, 2.05) is 6.92 Å². The third kappa shape index (κ3) is 3.39. The molecule has 0 saturated heterocycles. The van der Waals surface area contributed by atoms with Crippen molar-refractivity contribution >= 4 is 11.6 Å². The fourth-order valence-electron chi connectivity index (χ4n) is 2.83. The first-order chi connectivity index (χ1) is 9.90. The highest BCUT2D eigenvalue weighted by molar-refractivity contribution is 5.98. The van der Waals surface area contributed by atoms with Crippen molar-refractivity contribution in [2.75, 3.05) is 7.05 Å². The van der Waals surface area contributed by atoms with Crippen molar-refractivity contribution in [3.05, 3.63) is 39.4 Å². The quantitative estimate of drug-likeness (QED) is 0.683. The Hall–Kier alpha value is -1.95. The first-order valence-corrected chi connectivity index (χ1v) is 7.18. The van der Waals surface area contributed by atoms with Crippen molar-refractivity contribution in [1.29, 1.82) is 0 Å². The molecule has 21 heavy (non-hydrogen) atoms. The van der Waals surface area contributed by atoms with E-state index < -0.39 is 4.92 Å². The summed E-state index contributed by atoms with van der Waals surface area (Å²) in [5, 5.41) is 11.1. The minimum Gasteiger partial charge on any atom is -0.339 e. The normalized spacial score (nSPS) is 21.9. The smallest absolute Gasteiger partial charge is 0.282 e. The van der Waals surface area contributed by atoms with E-state index in [1.54, 1.807) is 24.1 Å². The molecule has 1 aliphatic rings. The maximum atomic E-state index is 12.6. The van der Waals surface area contributed by atoms with Gasteiger partial charge in [0.1, 0.15) is 5.56 Å². The summed E-state index contributed by atoms with van der Waals surface area (Å²) in [6, 6.07) is 4.95. The van der Waals surface area contributed by atoms with Crippen LogP contribution in [-0.2, 0) is 0 Å². The van der Waals surface area contributed by atoms with E-state index >= 15 is 0 Å². The molecule has 0 aromatic heterocycles. The Balaban J connectivity index is 2.23. The maximum absolute atomic E-state index is 12.6. The third-order valence-electron chi connectivity index (χ3n) is 4.19. The highest BCUT2D eigenvalue weighted by Crippen LogP contribution is 2.26. The Bertz CT molecular complexity index is 551. The lowest BCUT2D eigenvalue weighted by molar-refractivity contribution is -0.385. The van der Waals surface area contributed by atoms with E-state index in [4.69, 9.17) is 5.73 Å². The van der Waals surface area contributed by atoms with Gasteiger partial charge in [-0.05, 0) is 44.2 Å². The van der Waals surface area contributed by atoms with Crippen LogP contribution in [0.1, 0.15) is 41.6 Å². The molecule has 1 saturated carbocycles. The van der Waals surface area contributed by atoms with Crippen LogP contribution in [0.5, 0.6) is 0 Å². The maximum Gasteiger partial charge on any atom is 0.282 e. The zero-order chi connectivity index (χ0) is 15.6. The SMILES string of the molecule is Cc1ccc([N+](=O)[O-])c(C(=O)N(C)C2CCC(N)CC2)c1. The van der Waals surface area contributed by atoms with Gasteiger partial charge in [0.15, 0.2) is 0 Å². The summed E-state index contributed by atoms with van der Waals surface area (Å²) in [5.41, 5.74) is 6.74. The van der Waals surface area contributed by atoms with Crippen LogP contribution >= 0.6 is 0 Å². The van der Waals surface area contributed by atoms with Crippen molar-refractivity contribution < 1.29 is 9.72 Å². The number of aryl methyl sites for hydroxylation is 1. The van der Waals surface area contributed by atoms with Gasteiger partial charge in [-0.15, -0.1) is 0 Å². The second-order valence-electron chi connectivity index (χ2n) is 5.76. The molecule has 1 amide bonds. The summed E-state index contributed by atoms with van der Waals surface area (Å²) in [4.78, 5) is 24.8. The average Bonchev–Trinajstić information content (AvgIpc) is 2.46. The summed E-state index contributed by atoms with van der Waals surface area (Å²) in [6.45, 7) is 1.82. The summed E-state index contributed by atoms with van der Waals surface area (Å²) in [7, 11) is 1.72. The Labute approximate surface area is 124 Å². The van der Waals surface area contributed by atoms with Gasteiger partial charge in [0.2, 0.25) is 0 Å². The highest BCUT2D eigenvalue weighted by Gasteiger charge is 2.29. The molecule has 1 aliphatic carbocycles. The van der Waals surface area contributed by atoms with Gasteiger partial charge < -0.3 is 10.6 Å². The van der Waals surface area contributed by atoms with Crippen LogP contribution in [0.15, 0.2) is 18.2 Å². The number of amides is 1. The molecule has 0 bridgehead atoms. The monoisotopic (exact) mass is 291 g/mol. The summed E-state index contributed by atoms with van der Waals surface area (Å²) < 4.78 is 0. The van der Waals surface area contributed by atoms with E-state index in [9.17, 15) is 14.9 Å². The van der Waals surface area contributed by atoms with Crippen LogP contribution in [0.25, 0.3) is 0 Å². The van der Waals surface area contributed by atoms with E-state index in [-0.39, 0.29) is 29.2 Å². The molecule has 6 nitrogen and oxygen atoms in total. The molecule has 2 N–H and O–H groups in total. The molecule has 0 spiro atoms. The van der Waals surface area contributed by atoms with E-state index in [0.717, 1.165) is 31.2 Å². The molecule has 1 aromatic carbocycles. The van der Waals surface area contributed by atoms with Crippen LogP contribution in [0, 0.1) is 17.0 Å². The minimum atomic E-state index is -0.503. The van der Waals surface area contributed by atoms with Crippen molar-refractivity contribution in [2.24, 2.45) is 5.73 Å². The Kier molecular flexibility index (Phi) is 4.57. The number of hydrogen-bond donors (Lipinski definition) is 1. The molecular weight excluding hydrogens is 270 g/mol. The minimum absolute atomic E-state index is 0.109. The number of rotatable bonds is 3. The Morgan fingerprint density at radius 1 is 1.33 bits per heavy atom. The number of carbonyl (C=O) groups excluding carboxylic acids is 1. The lowest BCUT2D eigenvalue weighted by Gasteiger charge is -2.33. The van der Waals surface area contributed by atoms with Crippen LogP contribution < -0.4 is 5.73 Å². The molecule has 1 aromatic rings. The average molecular weight is 291 g/mol. The number of nitro benzene ring substituents is 1. The van der Waals surface area contributed by atoms with Gasteiger partial charge in [-0.3, -0.25) is 14.9 Å². The molecule has 2 rings (SSSR count). The number of nitrogens with zero attached hydrogens (tertiary/aromatic N) is 2. The first-order valence-electron chi connectivity index (χ1n) is 7.18. The van der Waals surface area contributed by atoms with Gasteiger partial charge in [-0.1, -0.05) is 6.07 Å². The molecule has 0 unspecified atom stereocenters. The van der Waals surface area contributed by atoms with Crippen LogP contribution in [0.3, 0.4) is 0 Å². The largest absolute Gasteiger partial charge is 0.339 e. The zero-order valence-corrected chi connectivity index (χ0v) is 12.4. The molecule has 0 heterocycles. The van der Waals surface area contributed by atoms with Crippen LogP contribution in [0.4, 0.5) is 5.69 Å². The molecule has 0 aliphatic heterocycles. The summed E-state index contributed by atoms with van der Waals surface area (Å²) in [5.74, 6) is -0.286. The fraction of sp³-hybridized carbons (Fsp3) is 0.533. The number of nitrogens with two attached hydrogens (primary N) is 1. The molecule has 0 radical (unpaired) electrons. The standard InChI is InChI=1S/C15H21N3O3/c1-10-3-8-14(18(20)21)13(9-10)15(19)17(2)12-6-4-11(16)5-7-12/h3,8-9,11-12H,4-7,16H2,1-2H3. The number of hydrogen-bond acceptors (Lipinski definition) is 4. The Morgan fingerprint density at radius 2 is 1.95 bits per heavy atom. The van der Waals surface area contributed by atoms with Gasteiger partial charge in [0.05, 0.1) is 4.92 Å². The topological polar surface area (TPSA) is 89.5 Å². The lowest BCUT2D eigenvalue weighted by atomic mass is 9.90. The summed E-state index contributed by atoms with van der Waals surface area (Å²) in [6.07, 6.45) is 3.47. The van der Waals surface area contributed by atoms with Crippen molar-refractivity contribution in [2.45, 2.75) is 44.7 Å². The fourth-order valence-corrected chi connectivity index (χ4v) is 2.83. The number of benzene rings is 1. The van der Waals surface area contributed by atoms with Crippen molar-refractivity contribution in [3.8, 4) is 0 Å². The molecule has 114 valence electrons. The number of carbonyl (C=O) groups is 1. The van der Waals surface area contributed by atoms with Crippen LogP contribution in [-0.4, -0.2) is 34.9 Å². The second kappa shape index (κ2) is 6.22. The van der Waals surface area contributed by atoms with Gasteiger partial charge >= 0.3 is 0 Å². The predicted octanol–water partition coefficient (Wildman–Crippen LogP) is 2.25. The lowest BCUT2D eigenvalue weighted by Crippen LogP contribution is -2.42. The van der Waals surface area contributed by atoms with Crippen LogP contribution in [0.2, 0.25) is 0 Å². The molecule has 6 heteroatoms. The van der Waals surface area contributed by atoms with Crippen molar-refractivity contribution in [1.82, 2.24) is 4.90 Å². The highest BCUT2D eigenvalue weighted by atomic mass is 16.6. The van der Waals surface area contributed by atoms with Gasteiger partial charge in [-0.25, -0.2) is 0 Å².